The summed E-state index contributed by atoms with van der Waals surface area (Å²) in [7, 11) is 1.64. The number of benzene rings is 3. The molecule has 5 heteroatoms. The van der Waals surface area contributed by atoms with Gasteiger partial charge in [-0.1, -0.05) is 61.9 Å². The average molecular weight is 412 g/mol. The molecule has 31 heavy (non-hydrogen) atoms. The molecule has 0 saturated carbocycles. The van der Waals surface area contributed by atoms with Crippen LogP contribution in [0.15, 0.2) is 85.1 Å². The van der Waals surface area contributed by atoms with E-state index in [0.29, 0.717) is 17.0 Å². The van der Waals surface area contributed by atoms with E-state index in [4.69, 9.17) is 4.74 Å². The van der Waals surface area contributed by atoms with Gasteiger partial charge >= 0.3 is 0 Å². The molecule has 0 spiro atoms. The number of para-hydroxylation sites is 1. The minimum atomic E-state index is -0.180. The molecule has 156 valence electrons. The van der Waals surface area contributed by atoms with Crippen LogP contribution < -0.4 is 10.1 Å². The Morgan fingerprint density at radius 1 is 1.00 bits per heavy atom. The Morgan fingerprint density at radius 3 is 2.39 bits per heavy atom. The fourth-order valence-electron chi connectivity index (χ4n) is 3.66. The second-order valence-corrected chi connectivity index (χ2v) is 7.24. The van der Waals surface area contributed by atoms with Gasteiger partial charge in [0, 0.05) is 17.3 Å². The van der Waals surface area contributed by atoms with E-state index in [1.54, 1.807) is 13.3 Å². The lowest BCUT2D eigenvalue weighted by Crippen LogP contribution is -2.14. The third-order valence-electron chi connectivity index (χ3n) is 5.15. The maximum Gasteiger partial charge on any atom is 0.259 e. The van der Waals surface area contributed by atoms with Crippen LogP contribution in [-0.4, -0.2) is 22.8 Å². The summed E-state index contributed by atoms with van der Waals surface area (Å²) in [6, 6.07) is 25.6. The first kappa shape index (κ1) is 20.4. The number of nitrogens with zero attached hydrogens (tertiary/aromatic N) is 2. The van der Waals surface area contributed by atoms with Crippen LogP contribution in [-0.2, 0) is 6.42 Å². The Bertz CT molecular complexity index is 1170. The predicted octanol–water partition coefficient (Wildman–Crippen LogP) is 5.75. The molecule has 0 aliphatic carbocycles. The molecular formula is C26H25N3O2. The molecule has 1 amide bonds. The predicted molar refractivity (Wildman–Crippen MR) is 124 cm³/mol. The Hall–Kier alpha value is -3.86. The molecule has 0 aliphatic rings. The van der Waals surface area contributed by atoms with E-state index in [-0.39, 0.29) is 5.91 Å². The van der Waals surface area contributed by atoms with Crippen LogP contribution in [0.4, 0.5) is 5.69 Å². The number of aromatic nitrogens is 2. The molecule has 0 unspecified atom stereocenters. The first-order valence-corrected chi connectivity index (χ1v) is 10.4. The third kappa shape index (κ3) is 4.36. The van der Waals surface area contributed by atoms with Crippen LogP contribution in [0, 0.1) is 0 Å². The minimum absolute atomic E-state index is 0.180. The van der Waals surface area contributed by atoms with Crippen LogP contribution in [0.3, 0.4) is 0 Å². The van der Waals surface area contributed by atoms with Crippen molar-refractivity contribution in [1.29, 1.82) is 0 Å². The highest BCUT2D eigenvalue weighted by molar-refractivity contribution is 6.05. The first-order valence-electron chi connectivity index (χ1n) is 10.4. The Labute approximate surface area is 182 Å². The molecule has 4 aromatic rings. The molecule has 1 aromatic heterocycles. The van der Waals surface area contributed by atoms with E-state index in [0.717, 1.165) is 35.3 Å². The van der Waals surface area contributed by atoms with Crippen LogP contribution in [0.2, 0.25) is 0 Å². The highest BCUT2D eigenvalue weighted by Gasteiger charge is 2.18. The lowest BCUT2D eigenvalue weighted by molar-refractivity contribution is 0.102. The van der Waals surface area contributed by atoms with Crippen molar-refractivity contribution in [1.82, 2.24) is 9.78 Å². The normalized spacial score (nSPS) is 10.6. The van der Waals surface area contributed by atoms with E-state index in [2.05, 4.69) is 17.3 Å². The number of rotatable bonds is 7. The Morgan fingerprint density at radius 2 is 1.71 bits per heavy atom. The number of hydrogen-bond acceptors (Lipinski definition) is 3. The number of amides is 1. The van der Waals surface area contributed by atoms with Gasteiger partial charge in [0.25, 0.3) is 5.91 Å². The standard InChI is InChI=1S/C26H25N3O2/c1-3-10-24-23(18-27-29(24)21-13-8-5-9-14-21)26(30)28-20-15-16-22(25(17-20)31-2)19-11-6-4-7-12-19/h4-9,11-18H,3,10H2,1-2H3,(H,28,30). The zero-order chi connectivity index (χ0) is 21.6. The van der Waals surface area contributed by atoms with Gasteiger partial charge in [0.15, 0.2) is 0 Å². The summed E-state index contributed by atoms with van der Waals surface area (Å²) in [4.78, 5) is 13.1. The molecule has 3 aromatic carbocycles. The maximum absolute atomic E-state index is 13.1. The lowest BCUT2D eigenvalue weighted by Gasteiger charge is -2.12. The first-order chi connectivity index (χ1) is 15.2. The fraction of sp³-hybridized carbons (Fsp3) is 0.154. The van der Waals surface area contributed by atoms with Crippen LogP contribution in [0.1, 0.15) is 29.4 Å². The Balaban J connectivity index is 1.62. The van der Waals surface area contributed by atoms with E-state index >= 15 is 0 Å². The smallest absolute Gasteiger partial charge is 0.259 e. The molecule has 1 heterocycles. The molecule has 0 fully saturated rings. The molecule has 0 saturated heterocycles. The van der Waals surface area contributed by atoms with Gasteiger partial charge < -0.3 is 10.1 Å². The molecule has 1 N–H and O–H groups in total. The quantitative estimate of drug-likeness (QED) is 0.421. The number of carbonyl (C=O) groups excluding carboxylic acids is 1. The zero-order valence-electron chi connectivity index (χ0n) is 17.7. The van der Waals surface area contributed by atoms with E-state index < -0.39 is 0 Å². The topological polar surface area (TPSA) is 56.1 Å². The van der Waals surface area contributed by atoms with Crippen molar-refractivity contribution >= 4 is 11.6 Å². The van der Waals surface area contributed by atoms with Crippen LogP contribution in [0.25, 0.3) is 16.8 Å². The molecule has 0 radical (unpaired) electrons. The highest BCUT2D eigenvalue weighted by atomic mass is 16.5. The molecule has 0 bridgehead atoms. The van der Waals surface area contributed by atoms with Gasteiger partial charge in [0.05, 0.1) is 30.3 Å². The minimum Gasteiger partial charge on any atom is -0.496 e. The van der Waals surface area contributed by atoms with Crippen molar-refractivity contribution in [2.24, 2.45) is 0 Å². The number of methoxy groups -OCH3 is 1. The molecule has 0 atom stereocenters. The summed E-state index contributed by atoms with van der Waals surface area (Å²) in [6.07, 6.45) is 3.31. The van der Waals surface area contributed by atoms with Crippen molar-refractivity contribution in [2.75, 3.05) is 12.4 Å². The highest BCUT2D eigenvalue weighted by Crippen LogP contribution is 2.32. The second kappa shape index (κ2) is 9.30. The summed E-state index contributed by atoms with van der Waals surface area (Å²) in [5.74, 6) is 0.526. The van der Waals surface area contributed by atoms with Gasteiger partial charge in [-0.25, -0.2) is 4.68 Å². The number of ether oxygens (including phenoxy) is 1. The zero-order valence-corrected chi connectivity index (χ0v) is 17.7. The van der Waals surface area contributed by atoms with E-state index in [1.165, 1.54) is 0 Å². The maximum atomic E-state index is 13.1. The van der Waals surface area contributed by atoms with Gasteiger partial charge in [-0.05, 0) is 36.2 Å². The van der Waals surface area contributed by atoms with Gasteiger partial charge in [-0.2, -0.15) is 5.10 Å². The van der Waals surface area contributed by atoms with E-state index in [9.17, 15) is 4.79 Å². The molecule has 5 nitrogen and oxygen atoms in total. The SMILES string of the molecule is CCCc1c(C(=O)Nc2ccc(-c3ccccc3)c(OC)c2)cnn1-c1ccccc1. The van der Waals surface area contributed by atoms with Crippen LogP contribution in [0.5, 0.6) is 5.75 Å². The van der Waals surface area contributed by atoms with Gasteiger partial charge in [0.1, 0.15) is 5.75 Å². The monoisotopic (exact) mass is 411 g/mol. The number of anilines is 1. The third-order valence-corrected chi connectivity index (χ3v) is 5.15. The van der Waals surface area contributed by atoms with Crippen molar-refractivity contribution in [2.45, 2.75) is 19.8 Å². The molecular weight excluding hydrogens is 386 g/mol. The number of nitrogens with one attached hydrogen (secondary N) is 1. The lowest BCUT2D eigenvalue weighted by atomic mass is 10.0. The van der Waals surface area contributed by atoms with Crippen LogP contribution >= 0.6 is 0 Å². The van der Waals surface area contributed by atoms with Crippen molar-refractivity contribution < 1.29 is 9.53 Å². The van der Waals surface area contributed by atoms with Crippen molar-refractivity contribution in [3.8, 4) is 22.6 Å². The Kier molecular flexibility index (Phi) is 6.13. The average Bonchev–Trinajstić information content (AvgIpc) is 3.24. The van der Waals surface area contributed by atoms with E-state index in [1.807, 2.05) is 83.5 Å². The van der Waals surface area contributed by atoms with Gasteiger partial charge in [-0.15, -0.1) is 0 Å². The second-order valence-electron chi connectivity index (χ2n) is 7.24. The summed E-state index contributed by atoms with van der Waals surface area (Å²) in [5, 5.41) is 7.49. The van der Waals surface area contributed by atoms with Crippen molar-refractivity contribution in [3.05, 3.63) is 96.3 Å². The summed E-state index contributed by atoms with van der Waals surface area (Å²) < 4.78 is 7.43. The fourth-order valence-corrected chi connectivity index (χ4v) is 3.66. The largest absolute Gasteiger partial charge is 0.496 e. The summed E-state index contributed by atoms with van der Waals surface area (Å²) in [6.45, 7) is 2.09. The summed E-state index contributed by atoms with van der Waals surface area (Å²) in [5.41, 5.74) is 5.14. The van der Waals surface area contributed by atoms with Gasteiger partial charge in [-0.3, -0.25) is 4.79 Å². The summed E-state index contributed by atoms with van der Waals surface area (Å²) >= 11 is 0. The molecule has 4 rings (SSSR count). The van der Waals surface area contributed by atoms with Crippen molar-refractivity contribution in [3.63, 3.8) is 0 Å². The molecule has 0 aliphatic heterocycles. The van der Waals surface area contributed by atoms with Gasteiger partial charge in [0.2, 0.25) is 0 Å². The number of hydrogen-bond donors (Lipinski definition) is 1. The number of carbonyl (C=O) groups is 1.